The fourth-order valence-corrected chi connectivity index (χ4v) is 0. The van der Waals surface area contributed by atoms with E-state index in [4.69, 9.17) is 0 Å². The molecule has 0 heterocycles. The third kappa shape index (κ3) is 3000. The van der Waals surface area contributed by atoms with Crippen molar-refractivity contribution in [1.29, 1.82) is 0 Å². The van der Waals surface area contributed by atoms with E-state index < -0.39 is 0 Å². The maximum atomic E-state index is 0. The second-order valence-corrected chi connectivity index (χ2v) is 0. The fraction of sp³-hybridized carbons (Fsp3) is 0. The first-order valence-electron chi connectivity index (χ1n) is 0. The van der Waals surface area contributed by atoms with Gasteiger partial charge in [0.2, 0.25) is 0 Å². The van der Waals surface area contributed by atoms with Crippen molar-refractivity contribution in [3.05, 3.63) is 0 Å². The maximum Gasteiger partial charge on any atom is 0 e. The molecule has 0 aromatic rings. The third-order valence-corrected chi connectivity index (χ3v) is 0. The van der Waals surface area contributed by atoms with Crippen molar-refractivity contribution in [2.24, 2.45) is 0 Å². The number of hydrogen-bond donors (Lipinski definition) is 0. The molecule has 0 bridgehead atoms. The summed E-state index contributed by atoms with van der Waals surface area (Å²) in [6, 6.07) is 0. The third-order valence-electron chi connectivity index (χ3n) is 0. The van der Waals surface area contributed by atoms with E-state index in [0.717, 1.165) is 0 Å². The first-order chi connectivity index (χ1) is 0. The summed E-state index contributed by atoms with van der Waals surface area (Å²) in [5.74, 6) is 0. The zero-order chi connectivity index (χ0) is 0. The summed E-state index contributed by atoms with van der Waals surface area (Å²) in [6.45, 7) is 0. The summed E-state index contributed by atoms with van der Waals surface area (Å²) >= 11 is 0. The minimum absolute atomic E-state index is 0. The minimum Gasteiger partial charge on any atom is -0.412 e. The van der Waals surface area contributed by atoms with Gasteiger partial charge in [0.25, 0.3) is 0 Å². The van der Waals surface area contributed by atoms with Crippen LogP contribution in [0.1, 0.15) is 0 Å². The van der Waals surface area contributed by atoms with Gasteiger partial charge >= 0.3 is 0 Å². The van der Waals surface area contributed by atoms with Crippen LogP contribution in [-0.4, -0.2) is 164 Å². The Balaban J connectivity index is 0. The summed E-state index contributed by atoms with van der Waals surface area (Å²) in [6.07, 6.45) is 0. The largest absolute Gasteiger partial charge is 0.412 e. The Hall–Kier alpha value is 5.03. The molecule has 260 valence electrons. The van der Waals surface area contributed by atoms with Crippen LogP contribution in [0.5, 0.6) is 0 Å². The molecule has 0 aromatic carbocycles. The van der Waals surface area contributed by atoms with Crippen LogP contribution in [0.25, 0.3) is 0 Å². The van der Waals surface area contributed by atoms with Gasteiger partial charge in [-0.05, 0) is 0 Å². The summed E-state index contributed by atoms with van der Waals surface area (Å²) in [5.41, 5.74) is 0. The molecule has 0 aliphatic carbocycles. The summed E-state index contributed by atoms with van der Waals surface area (Å²) in [4.78, 5) is 0. The van der Waals surface area contributed by atoms with Crippen molar-refractivity contribution >= 4 is 0 Å². The first-order valence-corrected chi connectivity index (χ1v) is 0. The molecule has 0 unspecified atom stereocenters. The van der Waals surface area contributed by atoms with Gasteiger partial charge in [-0.15, -0.1) is 0 Å². The van der Waals surface area contributed by atoms with Crippen LogP contribution in [0.2, 0.25) is 0 Å². The van der Waals surface area contributed by atoms with Gasteiger partial charge in [-0.1, -0.05) is 0 Å². The molecule has 0 fully saturated rings. The Kier molecular flexibility index (Phi) is 277000. The standard InChI is InChI=1S/30H2O.10Zn/h30*1H2;;;;;;;;;;. The van der Waals surface area contributed by atoms with Crippen molar-refractivity contribution in [3.8, 4) is 0 Å². The molecule has 0 rings (SSSR count). The molecule has 40 heavy (non-hydrogen) atoms. The zero-order valence-corrected chi connectivity index (χ0v) is 51.7. The van der Waals surface area contributed by atoms with Crippen molar-refractivity contribution in [3.63, 3.8) is 0 Å². The van der Waals surface area contributed by atoms with E-state index in [-0.39, 0.29) is 359 Å². The SMILES string of the molecule is O.O.O.O.O.O.O.O.O.O.O.O.O.O.O.O.O.O.O.O.O.O.O.O.O.O.O.O.O.O.[Zn].[Zn].[Zn].[Zn].[Zn].[Zn].[Zn].[Zn].[Zn].[Zn]. The molecule has 0 spiro atoms. The van der Waals surface area contributed by atoms with Gasteiger partial charge in [-0.25, -0.2) is 0 Å². The Morgan fingerprint density at radius 2 is 0.0500 bits per heavy atom. The number of hydrogen-bond acceptors (Lipinski definition) is 0. The summed E-state index contributed by atoms with van der Waals surface area (Å²) in [7, 11) is 0. The monoisotopic (exact) mass is 1180 g/mol. The predicted octanol–water partition coefficient (Wildman–Crippen LogP) is -24.8. The van der Waals surface area contributed by atoms with Crippen molar-refractivity contribution in [2.75, 3.05) is 0 Å². The van der Waals surface area contributed by atoms with Crippen LogP contribution in [-0.2, 0) is 195 Å². The van der Waals surface area contributed by atoms with Crippen LogP contribution in [0.4, 0.5) is 0 Å². The Morgan fingerprint density at radius 3 is 0.0500 bits per heavy atom. The van der Waals surface area contributed by atoms with Gasteiger partial charge in [0.15, 0.2) is 0 Å². The van der Waals surface area contributed by atoms with Crippen LogP contribution >= 0.6 is 0 Å². The topological polar surface area (TPSA) is 945 Å². The van der Waals surface area contributed by atoms with Gasteiger partial charge in [-0.2, -0.15) is 0 Å². The quantitative estimate of drug-likeness (QED) is 0.204. The molecule has 0 aliphatic heterocycles. The van der Waals surface area contributed by atoms with E-state index in [1.807, 2.05) is 0 Å². The van der Waals surface area contributed by atoms with E-state index in [1.165, 1.54) is 0 Å². The van der Waals surface area contributed by atoms with Crippen molar-refractivity contribution < 1.29 is 359 Å². The Morgan fingerprint density at radius 1 is 0.0500 bits per heavy atom. The molecular weight excluding hydrogens is 1130 g/mol. The van der Waals surface area contributed by atoms with Crippen LogP contribution in [0, 0.1) is 0 Å². The molecule has 60 N–H and O–H groups in total. The van der Waals surface area contributed by atoms with Crippen LogP contribution in [0.15, 0.2) is 0 Å². The Bertz CT molecular complexity index is 32.5. The average Bonchev–Trinajstić information content (AvgIpc) is 0. The minimum atomic E-state index is 0. The molecule has 0 atom stereocenters. The fourth-order valence-electron chi connectivity index (χ4n) is 0. The van der Waals surface area contributed by atoms with Gasteiger partial charge in [0.1, 0.15) is 0 Å². The molecule has 0 amide bonds. The molecule has 0 saturated carbocycles. The van der Waals surface area contributed by atoms with Crippen molar-refractivity contribution in [1.82, 2.24) is 0 Å². The Labute approximate surface area is 355 Å². The molecule has 0 aromatic heterocycles. The van der Waals surface area contributed by atoms with Gasteiger partial charge in [0, 0.05) is 195 Å². The van der Waals surface area contributed by atoms with Gasteiger partial charge in [-0.3, -0.25) is 0 Å². The molecular formula is H60O30Zn10. The predicted molar refractivity (Wildman–Crippen MR) is 108 cm³/mol. The first kappa shape index (κ1) is 3450. The molecule has 0 saturated heterocycles. The van der Waals surface area contributed by atoms with Crippen LogP contribution < -0.4 is 0 Å². The van der Waals surface area contributed by atoms with E-state index in [0.29, 0.717) is 0 Å². The van der Waals surface area contributed by atoms with Gasteiger partial charge < -0.3 is 164 Å². The molecule has 0 radical (unpaired) electrons. The second-order valence-electron chi connectivity index (χ2n) is 0. The summed E-state index contributed by atoms with van der Waals surface area (Å²) in [5, 5.41) is 0. The second kappa shape index (κ2) is 3220. The zero-order valence-electron chi connectivity index (χ0n) is 22.1. The van der Waals surface area contributed by atoms with Crippen molar-refractivity contribution in [2.45, 2.75) is 0 Å². The normalized spacial score (nSPS) is 0. The average molecular weight is 1190 g/mol. The maximum absolute atomic E-state index is 0. The smallest absolute Gasteiger partial charge is 0 e. The van der Waals surface area contributed by atoms with E-state index in [2.05, 4.69) is 0 Å². The number of rotatable bonds is 0. The van der Waals surface area contributed by atoms with E-state index >= 15 is 0 Å². The molecule has 30 nitrogen and oxygen atoms in total. The van der Waals surface area contributed by atoms with E-state index in [9.17, 15) is 0 Å². The molecule has 40 heteroatoms. The van der Waals surface area contributed by atoms with Gasteiger partial charge in [0.05, 0.1) is 0 Å². The molecule has 0 aliphatic rings. The van der Waals surface area contributed by atoms with E-state index in [1.54, 1.807) is 0 Å². The van der Waals surface area contributed by atoms with Crippen LogP contribution in [0.3, 0.4) is 0 Å². The summed E-state index contributed by atoms with van der Waals surface area (Å²) < 4.78 is 0.